The number of fused-ring (bicyclic) bond motifs is 1. The molecule has 2 heteroatoms. The van der Waals surface area contributed by atoms with Gasteiger partial charge in [0.25, 0.3) is 0 Å². The topological polar surface area (TPSA) is 18.5 Å². The van der Waals surface area contributed by atoms with Crippen LogP contribution in [-0.2, 0) is 0 Å². The molecular weight excluding hydrogens is 212 g/mol. The Morgan fingerprint density at radius 1 is 1.18 bits per heavy atom. The van der Waals surface area contributed by atoms with Crippen LogP contribution >= 0.6 is 0 Å². The van der Waals surface area contributed by atoms with E-state index >= 15 is 0 Å². The van der Waals surface area contributed by atoms with Gasteiger partial charge >= 0.3 is 0 Å². The number of hydrogen-bond acceptors (Lipinski definition) is 2. The Morgan fingerprint density at radius 3 is 2.71 bits per heavy atom. The van der Waals surface area contributed by atoms with Crippen LogP contribution in [0.25, 0.3) is 0 Å². The molecule has 0 saturated heterocycles. The SMILES string of the molecule is CC/C=C\CC(C)c1ccc2c(c1)OCCO2. The second-order valence-electron chi connectivity index (χ2n) is 4.42. The molecule has 0 amide bonds. The minimum Gasteiger partial charge on any atom is -0.486 e. The lowest BCUT2D eigenvalue weighted by atomic mass is 9.97. The molecule has 0 saturated carbocycles. The molecule has 0 aromatic heterocycles. The lowest BCUT2D eigenvalue weighted by molar-refractivity contribution is 0.171. The van der Waals surface area contributed by atoms with Crippen LogP contribution in [0, 0.1) is 0 Å². The quantitative estimate of drug-likeness (QED) is 0.732. The lowest BCUT2D eigenvalue weighted by Crippen LogP contribution is -2.15. The fourth-order valence-electron chi connectivity index (χ4n) is 1.97. The van der Waals surface area contributed by atoms with Gasteiger partial charge in [-0.05, 0) is 36.5 Å². The molecule has 17 heavy (non-hydrogen) atoms. The van der Waals surface area contributed by atoms with Crippen LogP contribution in [0.5, 0.6) is 11.5 Å². The summed E-state index contributed by atoms with van der Waals surface area (Å²) in [6.45, 7) is 5.71. The van der Waals surface area contributed by atoms with E-state index in [1.165, 1.54) is 5.56 Å². The van der Waals surface area contributed by atoms with E-state index in [0.29, 0.717) is 19.1 Å². The second kappa shape index (κ2) is 5.76. The van der Waals surface area contributed by atoms with Gasteiger partial charge in [0.15, 0.2) is 11.5 Å². The van der Waals surface area contributed by atoms with Crippen LogP contribution in [0.2, 0.25) is 0 Å². The van der Waals surface area contributed by atoms with E-state index in [-0.39, 0.29) is 0 Å². The minimum absolute atomic E-state index is 0.522. The zero-order valence-electron chi connectivity index (χ0n) is 10.6. The monoisotopic (exact) mass is 232 g/mol. The van der Waals surface area contributed by atoms with Crippen molar-refractivity contribution in [1.82, 2.24) is 0 Å². The molecule has 1 unspecified atom stereocenters. The highest BCUT2D eigenvalue weighted by Gasteiger charge is 2.13. The molecule has 1 aromatic rings. The highest BCUT2D eigenvalue weighted by Crippen LogP contribution is 2.33. The predicted molar refractivity (Wildman–Crippen MR) is 69.9 cm³/mol. The summed E-state index contributed by atoms with van der Waals surface area (Å²) < 4.78 is 11.1. The Kier molecular flexibility index (Phi) is 4.08. The average Bonchev–Trinajstić information content (AvgIpc) is 2.38. The van der Waals surface area contributed by atoms with E-state index in [0.717, 1.165) is 24.3 Å². The first-order valence-electron chi connectivity index (χ1n) is 6.35. The van der Waals surface area contributed by atoms with E-state index in [2.05, 4.69) is 38.1 Å². The van der Waals surface area contributed by atoms with Crippen molar-refractivity contribution in [1.29, 1.82) is 0 Å². The molecule has 0 radical (unpaired) electrons. The molecule has 1 atom stereocenters. The van der Waals surface area contributed by atoms with Crippen molar-refractivity contribution in [3.05, 3.63) is 35.9 Å². The van der Waals surface area contributed by atoms with Gasteiger partial charge in [0, 0.05) is 0 Å². The maximum atomic E-state index is 5.60. The van der Waals surface area contributed by atoms with Crippen molar-refractivity contribution in [3.63, 3.8) is 0 Å². The number of ether oxygens (including phenoxy) is 2. The summed E-state index contributed by atoms with van der Waals surface area (Å²) >= 11 is 0. The molecule has 2 nitrogen and oxygen atoms in total. The van der Waals surface area contributed by atoms with Crippen molar-refractivity contribution in [2.75, 3.05) is 13.2 Å². The summed E-state index contributed by atoms with van der Waals surface area (Å²) in [7, 11) is 0. The highest BCUT2D eigenvalue weighted by molar-refractivity contribution is 5.44. The smallest absolute Gasteiger partial charge is 0.161 e. The fraction of sp³-hybridized carbons (Fsp3) is 0.467. The van der Waals surface area contributed by atoms with Crippen molar-refractivity contribution >= 4 is 0 Å². The van der Waals surface area contributed by atoms with E-state index in [1.807, 2.05) is 6.07 Å². The molecule has 1 heterocycles. The first kappa shape index (κ1) is 12.0. The molecule has 1 aromatic carbocycles. The van der Waals surface area contributed by atoms with Gasteiger partial charge in [0.05, 0.1) is 0 Å². The van der Waals surface area contributed by atoms with E-state index in [1.54, 1.807) is 0 Å². The summed E-state index contributed by atoms with van der Waals surface area (Å²) in [6.07, 6.45) is 6.65. The van der Waals surface area contributed by atoms with E-state index in [9.17, 15) is 0 Å². The summed E-state index contributed by atoms with van der Waals surface area (Å²) in [4.78, 5) is 0. The van der Waals surface area contributed by atoms with Gasteiger partial charge in [-0.2, -0.15) is 0 Å². The number of hydrogen-bond donors (Lipinski definition) is 0. The maximum Gasteiger partial charge on any atom is 0.161 e. The molecule has 92 valence electrons. The molecule has 1 aliphatic rings. The Balaban J connectivity index is 2.08. The fourth-order valence-corrected chi connectivity index (χ4v) is 1.97. The second-order valence-corrected chi connectivity index (χ2v) is 4.42. The standard InChI is InChI=1S/C15H20O2/c1-3-4-5-6-12(2)13-7-8-14-15(11-13)17-10-9-16-14/h4-5,7-8,11-12H,3,6,9-10H2,1-2H3/b5-4-. The minimum atomic E-state index is 0.522. The van der Waals surface area contributed by atoms with Crippen LogP contribution in [-0.4, -0.2) is 13.2 Å². The van der Waals surface area contributed by atoms with Crippen LogP contribution in [0.15, 0.2) is 30.4 Å². The Labute approximate surface area is 103 Å². The third-order valence-electron chi connectivity index (χ3n) is 3.03. The van der Waals surface area contributed by atoms with E-state index in [4.69, 9.17) is 9.47 Å². The average molecular weight is 232 g/mol. The third kappa shape index (κ3) is 3.02. The summed E-state index contributed by atoms with van der Waals surface area (Å²) in [5, 5.41) is 0. The van der Waals surface area contributed by atoms with Crippen molar-refractivity contribution in [2.24, 2.45) is 0 Å². The lowest BCUT2D eigenvalue weighted by Gasteiger charge is -2.20. The van der Waals surface area contributed by atoms with Crippen LogP contribution in [0.1, 0.15) is 38.2 Å². The molecule has 0 fully saturated rings. The Morgan fingerprint density at radius 2 is 1.94 bits per heavy atom. The van der Waals surface area contributed by atoms with Gasteiger partial charge in [-0.3, -0.25) is 0 Å². The molecule has 0 bridgehead atoms. The molecule has 0 aliphatic carbocycles. The predicted octanol–water partition coefficient (Wildman–Crippen LogP) is 3.92. The normalized spacial score (nSPS) is 16.1. The number of allylic oxidation sites excluding steroid dienone is 2. The van der Waals surface area contributed by atoms with Gasteiger partial charge in [-0.1, -0.05) is 32.1 Å². The number of benzene rings is 1. The largest absolute Gasteiger partial charge is 0.486 e. The molecule has 0 N–H and O–H groups in total. The highest BCUT2D eigenvalue weighted by atomic mass is 16.6. The van der Waals surface area contributed by atoms with Gasteiger partial charge in [0.1, 0.15) is 13.2 Å². The van der Waals surface area contributed by atoms with Crippen molar-refractivity contribution in [3.8, 4) is 11.5 Å². The van der Waals surface area contributed by atoms with Gasteiger partial charge in [0.2, 0.25) is 0 Å². The first-order valence-corrected chi connectivity index (χ1v) is 6.35. The first-order chi connectivity index (χ1) is 8.31. The van der Waals surface area contributed by atoms with Gasteiger partial charge < -0.3 is 9.47 Å². The Bertz CT molecular complexity index is 396. The van der Waals surface area contributed by atoms with Gasteiger partial charge in [-0.15, -0.1) is 0 Å². The number of rotatable bonds is 4. The molecule has 1 aliphatic heterocycles. The summed E-state index contributed by atoms with van der Waals surface area (Å²) in [5.41, 5.74) is 1.31. The third-order valence-corrected chi connectivity index (χ3v) is 3.03. The van der Waals surface area contributed by atoms with E-state index < -0.39 is 0 Å². The molecule has 2 rings (SSSR count). The molecular formula is C15H20O2. The van der Waals surface area contributed by atoms with Gasteiger partial charge in [-0.25, -0.2) is 0 Å². The molecule has 0 spiro atoms. The van der Waals surface area contributed by atoms with Crippen LogP contribution in [0.3, 0.4) is 0 Å². The zero-order chi connectivity index (χ0) is 12.1. The Hall–Kier alpha value is -1.44. The zero-order valence-corrected chi connectivity index (χ0v) is 10.6. The summed E-state index contributed by atoms with van der Waals surface area (Å²) in [6, 6.07) is 6.26. The van der Waals surface area contributed by atoms with Crippen molar-refractivity contribution < 1.29 is 9.47 Å². The maximum absolute atomic E-state index is 5.60. The van der Waals surface area contributed by atoms with Crippen LogP contribution in [0.4, 0.5) is 0 Å². The van der Waals surface area contributed by atoms with Crippen molar-refractivity contribution in [2.45, 2.75) is 32.6 Å². The van der Waals surface area contributed by atoms with Crippen LogP contribution < -0.4 is 9.47 Å². The summed E-state index contributed by atoms with van der Waals surface area (Å²) in [5.74, 6) is 2.28.